The molecule has 0 atom stereocenters. The number of hydrogen-bond acceptors (Lipinski definition) is 6. The van der Waals surface area contributed by atoms with Gasteiger partial charge in [0.15, 0.2) is 0 Å². The van der Waals surface area contributed by atoms with E-state index in [0.717, 1.165) is 25.9 Å². The highest BCUT2D eigenvalue weighted by Crippen LogP contribution is 2.09. The Morgan fingerprint density at radius 3 is 1.24 bits per heavy atom. The van der Waals surface area contributed by atoms with Gasteiger partial charge in [0, 0.05) is 19.6 Å². The topological polar surface area (TPSA) is 63.2 Å². The van der Waals surface area contributed by atoms with Crippen molar-refractivity contribution in [3.05, 3.63) is 0 Å². The molecule has 0 heterocycles. The number of unbranched alkanes of at least 4 members (excludes halogenated alkanes) is 12. The first-order valence-corrected chi connectivity index (χ1v) is 14.3. The van der Waals surface area contributed by atoms with Gasteiger partial charge in [0.2, 0.25) is 0 Å². The molecule has 6 heteroatoms. The summed E-state index contributed by atoms with van der Waals surface area (Å²) in [7, 11) is 0. The fourth-order valence-corrected chi connectivity index (χ4v) is 3.56. The molecular weight excluding hydrogens is 432 g/mol. The van der Waals surface area contributed by atoms with E-state index in [4.69, 9.17) is 23.7 Å². The molecule has 0 aromatic carbocycles. The van der Waals surface area contributed by atoms with Gasteiger partial charge in [0.05, 0.1) is 46.2 Å². The highest BCUT2D eigenvalue weighted by atomic mass is 16.6. The van der Waals surface area contributed by atoms with Gasteiger partial charge in [0.1, 0.15) is 0 Å². The van der Waals surface area contributed by atoms with E-state index >= 15 is 0 Å². The number of rotatable bonds is 29. The van der Waals surface area contributed by atoms with E-state index in [2.05, 4.69) is 13.8 Å². The lowest BCUT2D eigenvalue weighted by Gasteiger charge is -2.08. The zero-order chi connectivity index (χ0) is 24.8. The monoisotopic (exact) mass is 488 g/mol. The molecule has 0 aromatic heterocycles. The van der Waals surface area contributed by atoms with E-state index in [0.29, 0.717) is 65.7 Å². The van der Waals surface area contributed by atoms with Crippen LogP contribution in [0.15, 0.2) is 0 Å². The molecule has 0 aliphatic heterocycles. The molecule has 0 rings (SSSR count). The van der Waals surface area contributed by atoms with Crippen LogP contribution in [-0.2, 0) is 28.5 Å². The van der Waals surface area contributed by atoms with Crippen molar-refractivity contribution in [2.24, 2.45) is 0 Å². The third kappa shape index (κ3) is 29.3. The van der Waals surface area contributed by atoms with Gasteiger partial charge in [-0.3, -0.25) is 4.79 Å². The van der Waals surface area contributed by atoms with Gasteiger partial charge in [0.25, 0.3) is 0 Å². The lowest BCUT2D eigenvalue weighted by atomic mass is 10.1. The van der Waals surface area contributed by atoms with E-state index in [1.807, 2.05) is 0 Å². The maximum atomic E-state index is 11.6. The first-order chi connectivity index (χ1) is 16.8. The molecule has 0 radical (unpaired) electrons. The molecule has 6 nitrogen and oxygen atoms in total. The number of carbonyl (C=O) groups excluding carboxylic acids is 1. The third-order valence-corrected chi connectivity index (χ3v) is 5.69. The number of esters is 1. The van der Waals surface area contributed by atoms with Crippen LogP contribution in [0.3, 0.4) is 0 Å². The van der Waals surface area contributed by atoms with Crippen LogP contribution < -0.4 is 0 Å². The van der Waals surface area contributed by atoms with Crippen LogP contribution in [0.5, 0.6) is 0 Å². The maximum Gasteiger partial charge on any atom is 0.305 e. The maximum absolute atomic E-state index is 11.6. The predicted octanol–water partition coefficient (Wildman–Crippen LogP) is 6.88. The normalized spacial score (nSPS) is 11.2. The van der Waals surface area contributed by atoms with Crippen LogP contribution in [0.2, 0.25) is 0 Å². The van der Waals surface area contributed by atoms with Crippen molar-refractivity contribution >= 4 is 5.97 Å². The third-order valence-electron chi connectivity index (χ3n) is 5.69. The summed E-state index contributed by atoms with van der Waals surface area (Å²) in [5.74, 6) is -0.121. The Hall–Kier alpha value is -0.690. The molecule has 0 saturated carbocycles. The van der Waals surface area contributed by atoms with Crippen LogP contribution >= 0.6 is 0 Å². The summed E-state index contributed by atoms with van der Waals surface area (Å²) in [5, 5.41) is 0. The van der Waals surface area contributed by atoms with Gasteiger partial charge in [-0.25, -0.2) is 0 Å². The fraction of sp³-hybridized carbons (Fsp3) is 0.964. The first kappa shape index (κ1) is 33.3. The van der Waals surface area contributed by atoms with Crippen molar-refractivity contribution in [1.82, 2.24) is 0 Å². The summed E-state index contributed by atoms with van der Waals surface area (Å²) in [6.45, 7) is 9.88. The number of hydrogen-bond donors (Lipinski definition) is 0. The average molecular weight is 489 g/mol. The molecule has 204 valence electrons. The Balaban J connectivity index is 3.09. The zero-order valence-corrected chi connectivity index (χ0v) is 22.6. The van der Waals surface area contributed by atoms with Gasteiger partial charge in [-0.05, 0) is 19.3 Å². The minimum Gasteiger partial charge on any atom is -0.466 e. The summed E-state index contributed by atoms with van der Waals surface area (Å²) in [5.41, 5.74) is 0. The van der Waals surface area contributed by atoms with E-state index < -0.39 is 0 Å². The van der Waals surface area contributed by atoms with Gasteiger partial charge in [-0.15, -0.1) is 0 Å². The molecule has 0 aliphatic rings. The molecule has 0 unspecified atom stereocenters. The summed E-state index contributed by atoms with van der Waals surface area (Å²) >= 11 is 0. The van der Waals surface area contributed by atoms with E-state index in [1.165, 1.54) is 70.6 Å². The van der Waals surface area contributed by atoms with E-state index in [-0.39, 0.29) is 5.97 Å². The quantitative estimate of drug-likeness (QED) is 0.0845. The van der Waals surface area contributed by atoms with Crippen LogP contribution in [0, 0.1) is 0 Å². The summed E-state index contributed by atoms with van der Waals surface area (Å²) in [6, 6.07) is 0. The van der Waals surface area contributed by atoms with Crippen molar-refractivity contribution in [1.29, 1.82) is 0 Å². The van der Waals surface area contributed by atoms with Crippen LogP contribution in [0.4, 0.5) is 0 Å². The fourth-order valence-electron chi connectivity index (χ4n) is 3.56. The van der Waals surface area contributed by atoms with E-state index in [9.17, 15) is 4.79 Å². The summed E-state index contributed by atoms with van der Waals surface area (Å²) in [4.78, 5) is 11.6. The minimum absolute atomic E-state index is 0.121. The van der Waals surface area contributed by atoms with Crippen LogP contribution in [0.1, 0.15) is 117 Å². The molecule has 0 N–H and O–H groups in total. The number of ether oxygens (including phenoxy) is 5. The molecule has 0 fully saturated rings. The molecule has 0 aromatic rings. The highest BCUT2D eigenvalue weighted by Gasteiger charge is 2.02. The molecule has 34 heavy (non-hydrogen) atoms. The van der Waals surface area contributed by atoms with Crippen molar-refractivity contribution in [3.8, 4) is 0 Å². The Labute approximate surface area is 210 Å². The van der Waals surface area contributed by atoms with Gasteiger partial charge < -0.3 is 23.7 Å². The lowest BCUT2D eigenvalue weighted by Crippen LogP contribution is -2.12. The standard InChI is InChI=1S/C28H56O6/c1-3-5-7-9-10-11-12-14-15-19-30-22-24-32-26-27-33-25-23-31-20-17-18-28(29)34-21-16-13-8-6-4-2/h3-27H2,1-2H3. The van der Waals surface area contributed by atoms with Crippen LogP contribution in [0.25, 0.3) is 0 Å². The lowest BCUT2D eigenvalue weighted by molar-refractivity contribution is -0.144. The zero-order valence-electron chi connectivity index (χ0n) is 22.6. The van der Waals surface area contributed by atoms with E-state index in [1.54, 1.807) is 0 Å². The first-order valence-electron chi connectivity index (χ1n) is 14.3. The Bertz CT molecular complexity index is 391. The smallest absolute Gasteiger partial charge is 0.305 e. The van der Waals surface area contributed by atoms with Crippen molar-refractivity contribution < 1.29 is 28.5 Å². The highest BCUT2D eigenvalue weighted by molar-refractivity contribution is 5.69. The molecule has 0 spiro atoms. The van der Waals surface area contributed by atoms with Crippen molar-refractivity contribution in [2.45, 2.75) is 117 Å². The minimum atomic E-state index is -0.121. The van der Waals surface area contributed by atoms with Crippen LogP contribution in [-0.4, -0.2) is 65.4 Å². The molecule has 0 aliphatic carbocycles. The second-order valence-electron chi connectivity index (χ2n) is 9.02. The molecule has 0 saturated heterocycles. The van der Waals surface area contributed by atoms with Crippen molar-refractivity contribution in [2.75, 3.05) is 59.5 Å². The Kier molecular flexibility index (Phi) is 29.7. The summed E-state index contributed by atoms with van der Waals surface area (Å²) < 4.78 is 27.3. The molecule has 0 bridgehead atoms. The second kappa shape index (κ2) is 30.3. The number of carbonyl (C=O) groups is 1. The SMILES string of the molecule is CCCCCCCCCCCOCCOCCOCCOCCCC(=O)OCCCCCCC. The average Bonchev–Trinajstić information content (AvgIpc) is 2.84. The van der Waals surface area contributed by atoms with Gasteiger partial charge in [-0.2, -0.15) is 0 Å². The Morgan fingerprint density at radius 1 is 0.412 bits per heavy atom. The van der Waals surface area contributed by atoms with Gasteiger partial charge >= 0.3 is 5.97 Å². The van der Waals surface area contributed by atoms with Crippen molar-refractivity contribution in [3.63, 3.8) is 0 Å². The molecular formula is C28H56O6. The predicted molar refractivity (Wildman–Crippen MR) is 139 cm³/mol. The largest absolute Gasteiger partial charge is 0.466 e. The molecule has 0 amide bonds. The van der Waals surface area contributed by atoms with Gasteiger partial charge in [-0.1, -0.05) is 90.9 Å². The summed E-state index contributed by atoms with van der Waals surface area (Å²) in [6.07, 6.45) is 19.0. The second-order valence-corrected chi connectivity index (χ2v) is 9.02. The Morgan fingerprint density at radius 2 is 0.765 bits per heavy atom.